The van der Waals surface area contributed by atoms with Gasteiger partial charge >= 0.3 is 0 Å². The second-order valence-corrected chi connectivity index (χ2v) is 7.54. The molecule has 0 aliphatic carbocycles. The van der Waals surface area contributed by atoms with Crippen LogP contribution in [0.5, 0.6) is 11.5 Å². The van der Waals surface area contributed by atoms with Crippen LogP contribution in [0.25, 0.3) is 0 Å². The van der Waals surface area contributed by atoms with Gasteiger partial charge in [-0.15, -0.1) is 0 Å². The van der Waals surface area contributed by atoms with Gasteiger partial charge in [-0.3, -0.25) is 18.7 Å². The highest BCUT2D eigenvalue weighted by atomic mass is 32.2. The van der Waals surface area contributed by atoms with Crippen LogP contribution in [-0.4, -0.2) is 44.4 Å². The number of amides is 2. The number of hydrogen-bond donors (Lipinski definition) is 0. The molecule has 0 N–H and O–H groups in total. The van der Waals surface area contributed by atoms with E-state index in [0.29, 0.717) is 23.7 Å². The fourth-order valence-electron chi connectivity index (χ4n) is 3.34. The minimum atomic E-state index is -2.52. The average molecular weight is 402 g/mol. The van der Waals surface area contributed by atoms with E-state index in [9.17, 15) is 18.4 Å². The van der Waals surface area contributed by atoms with Crippen LogP contribution >= 0.6 is 0 Å². The van der Waals surface area contributed by atoms with E-state index in [2.05, 4.69) is 0 Å². The third kappa shape index (κ3) is 3.41. The van der Waals surface area contributed by atoms with Crippen LogP contribution < -0.4 is 9.47 Å². The number of benzene rings is 2. The van der Waals surface area contributed by atoms with Crippen LogP contribution in [0.1, 0.15) is 46.2 Å². The van der Waals surface area contributed by atoms with Gasteiger partial charge in [-0.2, -0.15) is 0 Å². The van der Waals surface area contributed by atoms with Gasteiger partial charge in [0, 0.05) is 5.25 Å². The first-order valence-corrected chi connectivity index (χ1v) is 9.90. The predicted octanol–water partition coefficient (Wildman–Crippen LogP) is 2.70. The van der Waals surface area contributed by atoms with Crippen molar-refractivity contribution in [3.05, 3.63) is 59.2 Å². The van der Waals surface area contributed by atoms with Crippen LogP contribution in [0.4, 0.5) is 0 Å². The molecule has 148 valence electrons. The van der Waals surface area contributed by atoms with Crippen molar-refractivity contribution >= 4 is 22.9 Å². The van der Waals surface area contributed by atoms with Crippen LogP contribution in [0, 0.1) is 0 Å². The van der Waals surface area contributed by atoms with E-state index < -0.39 is 34.2 Å². The molecule has 2 aromatic rings. The topological polar surface area (TPSA) is 96.0 Å². The Bertz CT molecular complexity index is 909. The van der Waals surface area contributed by atoms with Crippen molar-refractivity contribution in [2.45, 2.75) is 25.1 Å². The first-order valence-electron chi connectivity index (χ1n) is 8.76. The normalized spacial score (nSPS) is 16.5. The zero-order chi connectivity index (χ0) is 20.4. The highest BCUT2D eigenvalue weighted by Gasteiger charge is 2.42. The Morgan fingerprint density at radius 2 is 1.68 bits per heavy atom. The minimum Gasteiger partial charge on any atom is -0.772 e. The number of ether oxygens (including phenoxy) is 2. The molecule has 1 heterocycles. The van der Waals surface area contributed by atoms with E-state index in [0.717, 1.165) is 4.90 Å². The monoisotopic (exact) mass is 402 g/mol. The van der Waals surface area contributed by atoms with Gasteiger partial charge in [0.15, 0.2) is 11.5 Å². The number of methoxy groups -OCH3 is 1. The zero-order valence-electron chi connectivity index (χ0n) is 15.7. The molecule has 3 unspecified atom stereocenters. The number of rotatable bonds is 7. The third-order valence-electron chi connectivity index (χ3n) is 4.68. The van der Waals surface area contributed by atoms with Crippen molar-refractivity contribution < 1.29 is 27.8 Å². The summed E-state index contributed by atoms with van der Waals surface area (Å²) < 4.78 is 34.4. The lowest BCUT2D eigenvalue weighted by Crippen LogP contribution is -2.41. The number of carbonyl (C=O) groups is 2. The van der Waals surface area contributed by atoms with Gasteiger partial charge in [-0.1, -0.05) is 18.2 Å². The molecule has 28 heavy (non-hydrogen) atoms. The Morgan fingerprint density at radius 1 is 1.07 bits per heavy atom. The van der Waals surface area contributed by atoms with Crippen molar-refractivity contribution in [2.75, 3.05) is 13.7 Å². The van der Waals surface area contributed by atoms with E-state index in [-0.39, 0.29) is 11.1 Å². The largest absolute Gasteiger partial charge is 0.772 e. The van der Waals surface area contributed by atoms with Crippen LogP contribution in [0.15, 0.2) is 42.5 Å². The molecular formula is C20H20NO6S-. The van der Waals surface area contributed by atoms with Crippen LogP contribution in [0.3, 0.4) is 0 Å². The molecule has 0 aromatic heterocycles. The first kappa shape index (κ1) is 20.0. The van der Waals surface area contributed by atoms with Crippen molar-refractivity contribution in [1.29, 1.82) is 0 Å². The maximum atomic E-state index is 12.9. The Balaban J connectivity index is 2.12. The Hall–Kier alpha value is -2.71. The second-order valence-electron chi connectivity index (χ2n) is 6.28. The number of fused-ring (bicyclic) bond motifs is 1. The predicted molar refractivity (Wildman–Crippen MR) is 102 cm³/mol. The molecule has 3 atom stereocenters. The molecule has 1 aliphatic rings. The average Bonchev–Trinajstić information content (AvgIpc) is 2.94. The van der Waals surface area contributed by atoms with Crippen molar-refractivity contribution in [2.24, 2.45) is 0 Å². The third-order valence-corrected chi connectivity index (χ3v) is 5.55. The molecule has 0 saturated carbocycles. The van der Waals surface area contributed by atoms with E-state index in [1.165, 1.54) is 14.0 Å². The lowest BCUT2D eigenvalue weighted by atomic mass is 10.0. The van der Waals surface area contributed by atoms with Crippen molar-refractivity contribution in [1.82, 2.24) is 4.90 Å². The summed E-state index contributed by atoms with van der Waals surface area (Å²) in [5.41, 5.74) is 0.996. The number of nitrogens with zero attached hydrogens (tertiary/aromatic N) is 1. The fraction of sp³-hybridized carbons (Fsp3) is 0.300. The lowest BCUT2D eigenvalue weighted by Gasteiger charge is -2.33. The lowest BCUT2D eigenvalue weighted by molar-refractivity contribution is 0.0580. The maximum Gasteiger partial charge on any atom is 0.262 e. The molecule has 1 aliphatic heterocycles. The summed E-state index contributed by atoms with van der Waals surface area (Å²) in [5, 5.41) is -1.02. The summed E-state index contributed by atoms with van der Waals surface area (Å²) in [5.74, 6) is -0.149. The molecular weight excluding hydrogens is 382 g/mol. The molecule has 2 aromatic carbocycles. The van der Waals surface area contributed by atoms with Gasteiger partial charge in [0.1, 0.15) is 0 Å². The smallest absolute Gasteiger partial charge is 0.262 e. The SMILES string of the molecule is CCOc1cc(C(C(C)S(=O)[O-])N2C(=O)c3ccccc3C2=O)ccc1OC. The molecule has 0 fully saturated rings. The summed E-state index contributed by atoms with van der Waals surface area (Å²) in [6.45, 7) is 3.64. The van der Waals surface area contributed by atoms with E-state index >= 15 is 0 Å². The van der Waals surface area contributed by atoms with Gasteiger partial charge in [-0.25, -0.2) is 0 Å². The molecule has 0 bridgehead atoms. The van der Waals surface area contributed by atoms with Crippen molar-refractivity contribution in [3.63, 3.8) is 0 Å². The number of hydrogen-bond acceptors (Lipinski definition) is 6. The van der Waals surface area contributed by atoms with Gasteiger partial charge < -0.3 is 14.0 Å². The highest BCUT2D eigenvalue weighted by Crippen LogP contribution is 2.38. The minimum absolute atomic E-state index is 0.264. The molecule has 8 heteroatoms. The summed E-state index contributed by atoms with van der Waals surface area (Å²) in [7, 11) is 1.49. The number of imide groups is 1. The zero-order valence-corrected chi connectivity index (χ0v) is 16.5. The number of carbonyl (C=O) groups excluding carboxylic acids is 2. The highest BCUT2D eigenvalue weighted by molar-refractivity contribution is 7.79. The Kier molecular flexibility index (Phi) is 5.81. The maximum absolute atomic E-state index is 12.9. The quantitative estimate of drug-likeness (QED) is 0.522. The van der Waals surface area contributed by atoms with E-state index in [1.54, 1.807) is 42.5 Å². The molecule has 7 nitrogen and oxygen atoms in total. The summed E-state index contributed by atoms with van der Waals surface area (Å²) in [6.07, 6.45) is 0. The molecule has 0 spiro atoms. The van der Waals surface area contributed by atoms with E-state index in [4.69, 9.17) is 9.47 Å². The first-order chi connectivity index (χ1) is 13.4. The summed E-state index contributed by atoms with van der Waals surface area (Å²) >= 11 is -2.52. The summed E-state index contributed by atoms with van der Waals surface area (Å²) in [6, 6.07) is 10.3. The van der Waals surface area contributed by atoms with Gasteiger partial charge in [0.2, 0.25) is 0 Å². The molecule has 0 saturated heterocycles. The fourth-order valence-corrected chi connectivity index (χ4v) is 3.83. The van der Waals surface area contributed by atoms with Crippen LogP contribution in [-0.2, 0) is 11.1 Å². The Morgan fingerprint density at radius 3 is 2.18 bits per heavy atom. The standard InChI is InChI=1S/C20H21NO6S/c1-4-27-17-11-13(9-10-16(17)26-3)18(12(2)28(24)25)21-19(22)14-7-5-6-8-15(14)20(21)23/h5-12,18H,4H2,1-3H3,(H,24,25)/p-1. The molecule has 2 amide bonds. The van der Waals surface area contributed by atoms with Gasteiger partial charge in [-0.05, 0) is 54.8 Å². The molecule has 0 radical (unpaired) electrons. The van der Waals surface area contributed by atoms with E-state index in [1.807, 2.05) is 6.92 Å². The van der Waals surface area contributed by atoms with Gasteiger partial charge in [0.05, 0.1) is 30.9 Å². The van der Waals surface area contributed by atoms with Crippen molar-refractivity contribution in [3.8, 4) is 11.5 Å². The second kappa shape index (κ2) is 8.12. The van der Waals surface area contributed by atoms with Crippen LogP contribution in [0.2, 0.25) is 0 Å². The summed E-state index contributed by atoms with van der Waals surface area (Å²) in [4.78, 5) is 26.9. The Labute approximate surface area is 165 Å². The molecule has 3 rings (SSSR count). The van der Waals surface area contributed by atoms with Gasteiger partial charge in [0.25, 0.3) is 11.8 Å².